The number of likely N-dealkylation sites (tertiary alicyclic amines) is 1. The molecule has 2 atom stereocenters. The fourth-order valence-electron chi connectivity index (χ4n) is 2.97. The van der Waals surface area contributed by atoms with E-state index in [2.05, 4.69) is 30.8 Å². The van der Waals surface area contributed by atoms with E-state index in [-0.39, 0.29) is 5.82 Å². The van der Waals surface area contributed by atoms with Gasteiger partial charge in [0.25, 0.3) is 0 Å². The van der Waals surface area contributed by atoms with Gasteiger partial charge in [0, 0.05) is 37.8 Å². The van der Waals surface area contributed by atoms with E-state index in [1.807, 2.05) is 6.07 Å². The Labute approximate surface area is 115 Å². The molecule has 2 unspecified atom stereocenters. The first-order chi connectivity index (χ1) is 9.01. The van der Waals surface area contributed by atoms with Gasteiger partial charge in [-0.1, -0.05) is 19.1 Å². The minimum Gasteiger partial charge on any atom is -0.326 e. The van der Waals surface area contributed by atoms with Gasteiger partial charge in [-0.15, -0.1) is 0 Å². The number of hydrogen-bond donors (Lipinski definition) is 1. The number of hydrogen-bond acceptors (Lipinski definition) is 3. The fourth-order valence-corrected chi connectivity index (χ4v) is 2.97. The number of likely N-dealkylation sites (N-methyl/N-ethyl adjacent to an activating group) is 1. The van der Waals surface area contributed by atoms with Crippen molar-refractivity contribution in [2.24, 2.45) is 11.7 Å². The van der Waals surface area contributed by atoms with Gasteiger partial charge in [-0.3, -0.25) is 4.90 Å². The highest BCUT2D eigenvalue weighted by atomic mass is 19.1. The van der Waals surface area contributed by atoms with Crippen LogP contribution in [-0.2, 0) is 13.1 Å². The molecule has 2 N–H and O–H groups in total. The van der Waals surface area contributed by atoms with Gasteiger partial charge >= 0.3 is 0 Å². The van der Waals surface area contributed by atoms with Crippen LogP contribution in [0.3, 0.4) is 0 Å². The van der Waals surface area contributed by atoms with Gasteiger partial charge in [-0.25, -0.2) is 4.39 Å². The normalized spacial score (nSPS) is 24.3. The quantitative estimate of drug-likeness (QED) is 0.899. The van der Waals surface area contributed by atoms with Crippen LogP contribution in [-0.4, -0.2) is 43.0 Å². The van der Waals surface area contributed by atoms with Gasteiger partial charge in [0.1, 0.15) is 5.82 Å². The van der Waals surface area contributed by atoms with Crippen LogP contribution in [0.25, 0.3) is 0 Å². The van der Waals surface area contributed by atoms with Gasteiger partial charge in [0.15, 0.2) is 0 Å². The van der Waals surface area contributed by atoms with Crippen molar-refractivity contribution in [1.29, 1.82) is 0 Å². The first kappa shape index (κ1) is 14.4. The molecule has 1 aliphatic heterocycles. The van der Waals surface area contributed by atoms with Gasteiger partial charge in [0.05, 0.1) is 0 Å². The first-order valence-corrected chi connectivity index (χ1v) is 6.87. The van der Waals surface area contributed by atoms with Gasteiger partial charge in [-0.2, -0.15) is 0 Å². The molecular weight excluding hydrogens is 241 g/mol. The molecule has 0 bridgehead atoms. The van der Waals surface area contributed by atoms with Crippen molar-refractivity contribution in [1.82, 2.24) is 9.80 Å². The average Bonchev–Trinajstić information content (AvgIpc) is 2.73. The molecule has 106 valence electrons. The molecule has 1 saturated heterocycles. The molecule has 3 nitrogen and oxygen atoms in total. The Morgan fingerprint density at radius 3 is 2.68 bits per heavy atom. The maximum atomic E-state index is 13.8. The van der Waals surface area contributed by atoms with E-state index < -0.39 is 0 Å². The monoisotopic (exact) mass is 265 g/mol. The average molecular weight is 265 g/mol. The summed E-state index contributed by atoms with van der Waals surface area (Å²) in [7, 11) is 4.22. The standard InChI is InChI=1S/C15H24FN3/c1-11-8-19(10-15(11)18(2)3)9-13-6-12(7-17)4-5-14(13)16/h4-6,11,15H,7-10,17H2,1-3H3. The van der Waals surface area contributed by atoms with E-state index >= 15 is 0 Å². The Hall–Kier alpha value is -0.970. The lowest BCUT2D eigenvalue weighted by molar-refractivity contribution is 0.249. The van der Waals surface area contributed by atoms with Crippen molar-refractivity contribution in [3.63, 3.8) is 0 Å². The van der Waals surface area contributed by atoms with Crippen LogP contribution in [0, 0.1) is 11.7 Å². The van der Waals surface area contributed by atoms with E-state index in [1.54, 1.807) is 6.07 Å². The van der Waals surface area contributed by atoms with Crippen molar-refractivity contribution in [2.75, 3.05) is 27.2 Å². The summed E-state index contributed by atoms with van der Waals surface area (Å²) >= 11 is 0. The molecule has 1 aliphatic rings. The second-order valence-electron chi connectivity index (χ2n) is 5.83. The van der Waals surface area contributed by atoms with Crippen LogP contribution in [0.15, 0.2) is 18.2 Å². The van der Waals surface area contributed by atoms with Crippen LogP contribution in [0.4, 0.5) is 4.39 Å². The summed E-state index contributed by atoms with van der Waals surface area (Å²) in [5.74, 6) is 0.494. The molecule has 0 spiro atoms. The lowest BCUT2D eigenvalue weighted by atomic mass is 10.1. The highest BCUT2D eigenvalue weighted by molar-refractivity contribution is 5.25. The van der Waals surface area contributed by atoms with Crippen LogP contribution < -0.4 is 5.73 Å². The largest absolute Gasteiger partial charge is 0.326 e. The maximum absolute atomic E-state index is 13.8. The molecular formula is C15H24FN3. The third-order valence-electron chi connectivity index (χ3n) is 4.05. The summed E-state index contributed by atoms with van der Waals surface area (Å²) in [6.45, 7) is 5.42. The molecule has 0 aliphatic carbocycles. The Bertz CT molecular complexity index is 433. The molecule has 0 radical (unpaired) electrons. The molecule has 1 aromatic carbocycles. The molecule has 1 aromatic rings. The summed E-state index contributed by atoms with van der Waals surface area (Å²) < 4.78 is 13.8. The highest BCUT2D eigenvalue weighted by Crippen LogP contribution is 2.23. The SMILES string of the molecule is CC1CN(Cc2cc(CN)ccc2F)CC1N(C)C. The zero-order valence-electron chi connectivity index (χ0n) is 12.1. The minimum atomic E-state index is -0.127. The number of rotatable bonds is 4. The molecule has 1 fully saturated rings. The van der Waals surface area contributed by atoms with Gasteiger partial charge in [0.2, 0.25) is 0 Å². The summed E-state index contributed by atoms with van der Waals surface area (Å²) in [4.78, 5) is 4.59. The van der Waals surface area contributed by atoms with E-state index in [9.17, 15) is 4.39 Å². The Morgan fingerprint density at radius 2 is 2.11 bits per heavy atom. The number of halogens is 1. The molecule has 0 amide bonds. The van der Waals surface area contributed by atoms with Crippen LogP contribution in [0.1, 0.15) is 18.1 Å². The second kappa shape index (κ2) is 5.99. The zero-order chi connectivity index (χ0) is 14.0. The maximum Gasteiger partial charge on any atom is 0.127 e. The second-order valence-corrected chi connectivity index (χ2v) is 5.83. The molecule has 2 rings (SSSR count). The molecule has 0 saturated carbocycles. The number of nitrogens with zero attached hydrogens (tertiary/aromatic N) is 2. The predicted octanol–water partition coefficient (Wildman–Crippen LogP) is 1.67. The van der Waals surface area contributed by atoms with E-state index in [1.165, 1.54) is 6.07 Å². The van der Waals surface area contributed by atoms with Crippen molar-refractivity contribution in [2.45, 2.75) is 26.1 Å². The third kappa shape index (κ3) is 3.32. The van der Waals surface area contributed by atoms with Crippen LogP contribution in [0.5, 0.6) is 0 Å². The third-order valence-corrected chi connectivity index (χ3v) is 4.05. The van der Waals surface area contributed by atoms with Crippen molar-refractivity contribution >= 4 is 0 Å². The summed E-state index contributed by atoms with van der Waals surface area (Å²) in [6, 6.07) is 5.73. The minimum absolute atomic E-state index is 0.127. The highest BCUT2D eigenvalue weighted by Gasteiger charge is 2.31. The summed E-state index contributed by atoms with van der Waals surface area (Å²) in [5.41, 5.74) is 7.37. The van der Waals surface area contributed by atoms with Gasteiger partial charge in [-0.05, 0) is 31.6 Å². The predicted molar refractivity (Wildman–Crippen MR) is 76.2 cm³/mol. The van der Waals surface area contributed by atoms with Crippen LogP contribution in [0.2, 0.25) is 0 Å². The summed E-state index contributed by atoms with van der Waals surface area (Å²) in [5, 5.41) is 0. The smallest absolute Gasteiger partial charge is 0.127 e. The molecule has 1 heterocycles. The molecule has 4 heteroatoms. The van der Waals surface area contributed by atoms with Crippen molar-refractivity contribution in [3.8, 4) is 0 Å². The number of benzene rings is 1. The van der Waals surface area contributed by atoms with E-state index in [0.29, 0.717) is 25.0 Å². The molecule has 19 heavy (non-hydrogen) atoms. The number of nitrogens with two attached hydrogens (primary N) is 1. The Morgan fingerprint density at radius 1 is 1.37 bits per heavy atom. The van der Waals surface area contributed by atoms with E-state index in [4.69, 9.17) is 5.73 Å². The first-order valence-electron chi connectivity index (χ1n) is 6.87. The Kier molecular flexibility index (Phi) is 4.55. The fraction of sp³-hybridized carbons (Fsp3) is 0.600. The van der Waals surface area contributed by atoms with Crippen molar-refractivity contribution in [3.05, 3.63) is 35.1 Å². The van der Waals surface area contributed by atoms with Crippen molar-refractivity contribution < 1.29 is 4.39 Å². The topological polar surface area (TPSA) is 32.5 Å². The van der Waals surface area contributed by atoms with Gasteiger partial charge < -0.3 is 10.6 Å². The van der Waals surface area contributed by atoms with Crippen LogP contribution >= 0.6 is 0 Å². The molecule has 0 aromatic heterocycles. The Balaban J connectivity index is 2.06. The lowest BCUT2D eigenvalue weighted by Crippen LogP contribution is -2.34. The zero-order valence-corrected chi connectivity index (χ0v) is 12.1. The lowest BCUT2D eigenvalue weighted by Gasteiger charge is -2.22. The van der Waals surface area contributed by atoms with E-state index in [0.717, 1.165) is 24.2 Å². The summed E-state index contributed by atoms with van der Waals surface area (Å²) in [6.07, 6.45) is 0.